The van der Waals surface area contributed by atoms with Crippen LogP contribution in [0.25, 0.3) is 0 Å². The largest absolute Gasteiger partial charge is 0.497 e. The second kappa shape index (κ2) is 11.5. The van der Waals surface area contributed by atoms with Gasteiger partial charge in [0.05, 0.1) is 47.3 Å². The molecule has 3 N–H and O–H groups in total. The predicted octanol–water partition coefficient (Wildman–Crippen LogP) is 5.30. The van der Waals surface area contributed by atoms with Crippen molar-refractivity contribution in [2.24, 2.45) is 0 Å². The van der Waals surface area contributed by atoms with E-state index < -0.39 is 5.92 Å². The van der Waals surface area contributed by atoms with Crippen LogP contribution in [0.1, 0.15) is 24.2 Å². The maximum Gasteiger partial charge on any atom is 0.254 e. The molecule has 2 amide bonds. The van der Waals surface area contributed by atoms with Gasteiger partial charge < -0.3 is 25.1 Å². The number of ether oxygens (including phenoxy) is 1. The van der Waals surface area contributed by atoms with E-state index in [1.807, 2.05) is 31.2 Å². The highest BCUT2D eigenvalue weighted by atomic mass is 32.2. The number of nitrogens with one attached hydrogen (secondary N) is 3. The summed E-state index contributed by atoms with van der Waals surface area (Å²) in [5.74, 6) is -0.108. The normalized spacial score (nSPS) is 15.0. The number of rotatable bonds is 8. The summed E-state index contributed by atoms with van der Waals surface area (Å²) < 4.78 is 10.8. The van der Waals surface area contributed by atoms with Crippen LogP contribution < -0.4 is 20.7 Å². The number of amides is 2. The number of nitrogens with zero attached hydrogens (tertiary/aromatic N) is 1. The highest BCUT2D eigenvalue weighted by Crippen LogP contribution is 2.41. The van der Waals surface area contributed by atoms with Gasteiger partial charge in [0.2, 0.25) is 5.91 Å². The molecule has 2 aromatic carbocycles. The molecule has 0 radical (unpaired) electrons. The molecule has 0 spiro atoms. The standard InChI is InChI=1S/C28H26N4O4S/c1-17-6-8-19(9-7-17)31-24(33)16-37-28-22(15-29)26(23-5-4-14-36-23)25(18(2)30-28)27(34)32-20-10-12-21(35-3)13-11-20/h4-14,26,30H,16H2,1-3H3,(H,31,33)(H,32,34)/t26-/m1/s1. The van der Waals surface area contributed by atoms with Crippen molar-refractivity contribution in [1.29, 1.82) is 5.26 Å². The number of allylic oxidation sites excluding steroid dienone is 2. The third kappa shape index (κ3) is 6.05. The van der Waals surface area contributed by atoms with E-state index in [1.165, 1.54) is 18.0 Å². The Kier molecular flexibility index (Phi) is 8.01. The monoisotopic (exact) mass is 514 g/mol. The van der Waals surface area contributed by atoms with Gasteiger partial charge in [-0.15, -0.1) is 0 Å². The second-order valence-corrected chi connectivity index (χ2v) is 9.34. The van der Waals surface area contributed by atoms with E-state index in [0.717, 1.165) is 5.56 Å². The summed E-state index contributed by atoms with van der Waals surface area (Å²) in [7, 11) is 1.57. The van der Waals surface area contributed by atoms with Gasteiger partial charge in [-0.05, 0) is 62.4 Å². The number of nitriles is 1. The second-order valence-electron chi connectivity index (χ2n) is 8.35. The molecule has 0 bridgehead atoms. The van der Waals surface area contributed by atoms with Gasteiger partial charge >= 0.3 is 0 Å². The van der Waals surface area contributed by atoms with Crippen LogP contribution in [0.5, 0.6) is 5.75 Å². The number of benzene rings is 2. The quantitative estimate of drug-likeness (QED) is 0.373. The highest BCUT2D eigenvalue weighted by Gasteiger charge is 2.36. The van der Waals surface area contributed by atoms with Crippen LogP contribution in [-0.4, -0.2) is 24.7 Å². The molecule has 9 heteroatoms. The van der Waals surface area contributed by atoms with Gasteiger partial charge in [0.15, 0.2) is 0 Å². The zero-order valence-corrected chi connectivity index (χ0v) is 21.4. The molecular formula is C28H26N4O4S. The van der Waals surface area contributed by atoms with Crippen LogP contribution in [0.15, 0.2) is 93.2 Å². The molecule has 0 fully saturated rings. The molecule has 188 valence electrons. The number of methoxy groups -OCH3 is 1. The van der Waals surface area contributed by atoms with Crippen molar-refractivity contribution in [3.63, 3.8) is 0 Å². The van der Waals surface area contributed by atoms with E-state index in [1.54, 1.807) is 50.4 Å². The van der Waals surface area contributed by atoms with Gasteiger partial charge in [0, 0.05) is 17.1 Å². The maximum atomic E-state index is 13.4. The minimum Gasteiger partial charge on any atom is -0.497 e. The summed E-state index contributed by atoms with van der Waals surface area (Å²) in [6.45, 7) is 3.74. The molecule has 1 aromatic heterocycles. The van der Waals surface area contributed by atoms with Crippen molar-refractivity contribution < 1.29 is 18.7 Å². The highest BCUT2D eigenvalue weighted by molar-refractivity contribution is 8.03. The lowest BCUT2D eigenvalue weighted by Crippen LogP contribution is -2.31. The van der Waals surface area contributed by atoms with Gasteiger partial charge in [-0.1, -0.05) is 29.5 Å². The van der Waals surface area contributed by atoms with Crippen molar-refractivity contribution in [2.75, 3.05) is 23.5 Å². The minimum atomic E-state index is -0.734. The third-order valence-corrected chi connectivity index (χ3v) is 6.77. The SMILES string of the molecule is COc1ccc(NC(=O)C2=C(C)NC(SCC(=O)Nc3ccc(C)cc3)=C(C#N)[C@@H]2c2ccco2)cc1. The number of anilines is 2. The fourth-order valence-corrected chi connectivity index (χ4v) is 4.80. The molecule has 37 heavy (non-hydrogen) atoms. The number of dihydropyridines is 1. The first kappa shape index (κ1) is 25.7. The summed E-state index contributed by atoms with van der Waals surface area (Å²) in [5.41, 5.74) is 3.60. The van der Waals surface area contributed by atoms with Gasteiger partial charge in [-0.2, -0.15) is 5.26 Å². The number of thioether (sulfide) groups is 1. The first-order valence-corrected chi connectivity index (χ1v) is 12.5. The van der Waals surface area contributed by atoms with Crippen LogP contribution in [0.2, 0.25) is 0 Å². The molecule has 2 heterocycles. The summed E-state index contributed by atoms with van der Waals surface area (Å²) >= 11 is 1.20. The molecule has 1 atom stereocenters. The van der Waals surface area contributed by atoms with Crippen molar-refractivity contribution >= 4 is 35.0 Å². The topological polar surface area (TPSA) is 116 Å². The lowest BCUT2D eigenvalue weighted by atomic mass is 9.85. The zero-order chi connectivity index (χ0) is 26.4. The van der Waals surface area contributed by atoms with E-state index in [0.29, 0.717) is 44.8 Å². The van der Waals surface area contributed by atoms with Gasteiger partial charge in [0.25, 0.3) is 5.91 Å². The summed E-state index contributed by atoms with van der Waals surface area (Å²) in [4.78, 5) is 26.0. The van der Waals surface area contributed by atoms with E-state index in [2.05, 4.69) is 22.0 Å². The molecule has 8 nitrogen and oxygen atoms in total. The van der Waals surface area contributed by atoms with E-state index in [4.69, 9.17) is 9.15 Å². The number of carbonyl (C=O) groups is 2. The Bertz CT molecular complexity index is 1390. The lowest BCUT2D eigenvalue weighted by Gasteiger charge is -2.28. The Hall–Kier alpha value is -4.42. The van der Waals surface area contributed by atoms with Crippen molar-refractivity contribution in [1.82, 2.24) is 5.32 Å². The molecular weight excluding hydrogens is 488 g/mol. The number of hydrogen-bond donors (Lipinski definition) is 3. The fourth-order valence-electron chi connectivity index (χ4n) is 3.91. The fraction of sp³-hybridized carbons (Fsp3) is 0.179. The van der Waals surface area contributed by atoms with Crippen LogP contribution in [0.4, 0.5) is 11.4 Å². The Morgan fingerprint density at radius 3 is 2.35 bits per heavy atom. The smallest absolute Gasteiger partial charge is 0.254 e. The van der Waals surface area contributed by atoms with Crippen molar-refractivity contribution in [3.05, 3.63) is 100 Å². The molecule has 0 aliphatic carbocycles. The maximum absolute atomic E-state index is 13.4. The molecule has 0 saturated carbocycles. The van der Waals surface area contributed by atoms with E-state index in [9.17, 15) is 14.9 Å². The first-order valence-electron chi connectivity index (χ1n) is 11.5. The molecule has 3 aromatic rings. The van der Waals surface area contributed by atoms with Crippen molar-refractivity contribution in [2.45, 2.75) is 19.8 Å². The molecule has 0 saturated heterocycles. The number of furan rings is 1. The Labute approximate surface area is 219 Å². The minimum absolute atomic E-state index is 0.0763. The summed E-state index contributed by atoms with van der Waals surface area (Å²) in [6, 6.07) is 20.1. The van der Waals surface area contributed by atoms with Crippen LogP contribution in [0, 0.1) is 18.3 Å². The Morgan fingerprint density at radius 2 is 1.73 bits per heavy atom. The lowest BCUT2D eigenvalue weighted by molar-refractivity contribution is -0.114. The average Bonchev–Trinajstić information content (AvgIpc) is 3.43. The van der Waals surface area contributed by atoms with Gasteiger partial charge in [-0.3, -0.25) is 9.59 Å². The van der Waals surface area contributed by atoms with Crippen LogP contribution in [-0.2, 0) is 9.59 Å². The van der Waals surface area contributed by atoms with Crippen LogP contribution in [0.3, 0.4) is 0 Å². The van der Waals surface area contributed by atoms with Crippen LogP contribution >= 0.6 is 11.8 Å². The third-order valence-electron chi connectivity index (χ3n) is 5.75. The number of carbonyl (C=O) groups excluding carboxylic acids is 2. The average molecular weight is 515 g/mol. The van der Waals surface area contributed by atoms with E-state index >= 15 is 0 Å². The summed E-state index contributed by atoms with van der Waals surface area (Å²) in [5, 5.41) is 19.5. The zero-order valence-electron chi connectivity index (χ0n) is 20.6. The number of aryl methyl sites for hydroxylation is 1. The first-order chi connectivity index (χ1) is 17.9. The van der Waals surface area contributed by atoms with E-state index in [-0.39, 0.29) is 17.6 Å². The van der Waals surface area contributed by atoms with Crippen molar-refractivity contribution in [3.8, 4) is 11.8 Å². The molecule has 1 aliphatic heterocycles. The Balaban J connectivity index is 1.56. The molecule has 0 unspecified atom stereocenters. The number of hydrogen-bond acceptors (Lipinski definition) is 7. The van der Waals surface area contributed by atoms with Gasteiger partial charge in [-0.25, -0.2) is 0 Å². The molecule has 1 aliphatic rings. The predicted molar refractivity (Wildman–Crippen MR) is 144 cm³/mol. The van der Waals surface area contributed by atoms with Gasteiger partial charge in [0.1, 0.15) is 11.5 Å². The Morgan fingerprint density at radius 1 is 1.05 bits per heavy atom. The summed E-state index contributed by atoms with van der Waals surface area (Å²) in [6.07, 6.45) is 1.50. The molecule has 4 rings (SSSR count).